The first-order valence-electron chi connectivity index (χ1n) is 15.0. The van der Waals surface area contributed by atoms with Crippen LogP contribution in [0.5, 0.6) is 0 Å². The maximum atomic E-state index is 14.5. The summed E-state index contributed by atoms with van der Waals surface area (Å²) in [6, 6.07) is 1.80. The number of likely N-dealkylation sites (tertiary alicyclic amines) is 1. The lowest BCUT2D eigenvalue weighted by Gasteiger charge is -2.30. The van der Waals surface area contributed by atoms with Crippen molar-refractivity contribution in [1.82, 2.24) is 34.4 Å². The van der Waals surface area contributed by atoms with Crippen LogP contribution in [0.4, 0.5) is 13.2 Å². The van der Waals surface area contributed by atoms with E-state index in [1.807, 2.05) is 20.8 Å². The number of fused-ring (bicyclic) bond motifs is 3. The van der Waals surface area contributed by atoms with E-state index in [1.54, 1.807) is 24.1 Å². The van der Waals surface area contributed by atoms with Gasteiger partial charge in [0.2, 0.25) is 0 Å². The van der Waals surface area contributed by atoms with Gasteiger partial charge < -0.3 is 4.90 Å². The molecule has 1 N–H and O–H groups in total. The number of amides is 1. The van der Waals surface area contributed by atoms with Crippen molar-refractivity contribution in [3.05, 3.63) is 85.2 Å². The number of pyridine rings is 1. The van der Waals surface area contributed by atoms with E-state index in [1.165, 1.54) is 9.25 Å². The molecule has 44 heavy (non-hydrogen) atoms. The summed E-state index contributed by atoms with van der Waals surface area (Å²) in [4.78, 5) is 49.0. The zero-order chi connectivity index (χ0) is 31.4. The molecule has 3 aromatic heterocycles. The van der Waals surface area contributed by atoms with E-state index in [9.17, 15) is 27.6 Å². The van der Waals surface area contributed by atoms with Crippen LogP contribution in [-0.4, -0.2) is 52.9 Å². The van der Waals surface area contributed by atoms with Gasteiger partial charge in [0.05, 0.1) is 22.7 Å². The second-order valence-corrected chi connectivity index (χ2v) is 12.2. The van der Waals surface area contributed by atoms with Crippen LogP contribution in [0.2, 0.25) is 0 Å². The smallest absolute Gasteiger partial charge is 0.329 e. The van der Waals surface area contributed by atoms with Gasteiger partial charge in [0.1, 0.15) is 17.5 Å². The number of hydrogen-bond donors (Lipinski definition) is 1. The quantitative estimate of drug-likeness (QED) is 0.326. The van der Waals surface area contributed by atoms with Gasteiger partial charge in [-0.05, 0) is 44.1 Å². The van der Waals surface area contributed by atoms with E-state index in [-0.39, 0.29) is 51.9 Å². The first-order chi connectivity index (χ1) is 21.0. The van der Waals surface area contributed by atoms with Gasteiger partial charge in [-0.1, -0.05) is 32.4 Å². The molecule has 1 saturated carbocycles. The van der Waals surface area contributed by atoms with Crippen LogP contribution in [0.3, 0.4) is 0 Å². The molecule has 2 bridgehead atoms. The molecule has 13 heteroatoms. The monoisotopic (exact) mass is 609 g/mol. The average molecular weight is 610 g/mol. The van der Waals surface area contributed by atoms with E-state index in [2.05, 4.69) is 20.3 Å². The zero-order valence-corrected chi connectivity index (χ0v) is 25.0. The highest BCUT2D eigenvalue weighted by Gasteiger charge is 2.48. The van der Waals surface area contributed by atoms with Crippen LogP contribution < -0.4 is 11.2 Å². The third kappa shape index (κ3) is 4.91. The van der Waals surface area contributed by atoms with Gasteiger partial charge >= 0.3 is 5.69 Å². The summed E-state index contributed by atoms with van der Waals surface area (Å²) in [6.07, 6.45) is 4.73. The number of carbonyl (C=O) groups excluding carboxylic acids is 1. The van der Waals surface area contributed by atoms with E-state index in [0.717, 1.165) is 12.8 Å². The van der Waals surface area contributed by atoms with Crippen LogP contribution in [0.1, 0.15) is 98.6 Å². The van der Waals surface area contributed by atoms with Gasteiger partial charge in [-0.25, -0.2) is 27.6 Å². The minimum Gasteiger partial charge on any atom is -0.335 e. The lowest BCUT2D eigenvalue weighted by molar-refractivity contribution is 0.0727. The van der Waals surface area contributed by atoms with Crippen molar-refractivity contribution in [3.8, 4) is 0 Å². The SMILES string of the molecule is CCCn1c(=O)[nH]c(=O)c2c(C(=O)N3CC4CCCC3C4c3cn([C@@H](C)c4c(F)cc(F)cc4F)nn3)cc(C(C)C)nc21. The Morgan fingerprint density at radius 1 is 1.09 bits per heavy atom. The molecule has 2 fully saturated rings. The molecule has 4 aromatic rings. The molecule has 0 radical (unpaired) electrons. The molecule has 6 rings (SSSR count). The molecule has 232 valence electrons. The number of rotatable bonds is 7. The number of aromatic nitrogens is 6. The number of aryl methyl sites for hydroxylation is 1. The lowest BCUT2D eigenvalue weighted by atomic mass is 9.78. The molecule has 3 unspecified atom stereocenters. The molecule has 1 aliphatic carbocycles. The summed E-state index contributed by atoms with van der Waals surface area (Å²) in [7, 11) is 0. The molecule has 4 heterocycles. The lowest BCUT2D eigenvalue weighted by Crippen LogP contribution is -2.39. The topological polar surface area (TPSA) is 119 Å². The molecule has 1 amide bonds. The van der Waals surface area contributed by atoms with E-state index in [4.69, 9.17) is 0 Å². The van der Waals surface area contributed by atoms with Crippen LogP contribution in [-0.2, 0) is 6.54 Å². The minimum absolute atomic E-state index is 0.0613. The molecule has 1 aromatic carbocycles. The number of halogens is 3. The Morgan fingerprint density at radius 2 is 1.82 bits per heavy atom. The number of nitrogens with one attached hydrogen (secondary N) is 1. The van der Waals surface area contributed by atoms with Crippen LogP contribution in [0, 0.1) is 23.4 Å². The highest BCUT2D eigenvalue weighted by atomic mass is 19.1. The fourth-order valence-electron chi connectivity index (χ4n) is 6.94. The Hall–Kier alpha value is -4.29. The first-order valence-corrected chi connectivity index (χ1v) is 15.0. The van der Waals surface area contributed by atoms with Crippen molar-refractivity contribution in [1.29, 1.82) is 0 Å². The maximum absolute atomic E-state index is 14.5. The molecular formula is C31H34F3N7O3. The number of benzene rings is 1. The Labute approximate surface area is 250 Å². The van der Waals surface area contributed by atoms with Gasteiger partial charge in [-0.3, -0.25) is 19.1 Å². The molecular weight excluding hydrogens is 575 g/mol. The standard InChI is InChI=1S/C31H34F3N7O3/c1-5-9-39-28-27(29(42)36-31(39)44)19(12-22(35-28)15(2)3)30(43)40-13-17-7-6-8-24(40)26(17)23-14-41(38-37-23)16(4)25-20(33)10-18(32)11-21(25)34/h10-12,14-17,24,26H,5-9,13H2,1-4H3,(H,36,42,44)/t16-,17?,24?,26?/m0/s1. The molecule has 2 aliphatic rings. The molecule has 0 spiro atoms. The van der Waals surface area contributed by atoms with Crippen molar-refractivity contribution >= 4 is 16.9 Å². The normalized spacial score (nSPS) is 20.5. The largest absolute Gasteiger partial charge is 0.335 e. The maximum Gasteiger partial charge on any atom is 0.329 e. The number of hydrogen-bond acceptors (Lipinski definition) is 6. The molecule has 1 saturated heterocycles. The van der Waals surface area contributed by atoms with Gasteiger partial charge in [0.25, 0.3) is 11.5 Å². The summed E-state index contributed by atoms with van der Waals surface area (Å²) in [5.41, 5.74) is 0.0733. The van der Waals surface area contributed by atoms with Crippen molar-refractivity contribution in [2.75, 3.05) is 6.54 Å². The van der Waals surface area contributed by atoms with Gasteiger partial charge in [-0.2, -0.15) is 0 Å². The van der Waals surface area contributed by atoms with E-state index in [0.29, 0.717) is 49.5 Å². The van der Waals surface area contributed by atoms with Crippen molar-refractivity contribution in [3.63, 3.8) is 0 Å². The number of nitrogens with zero attached hydrogens (tertiary/aromatic N) is 6. The summed E-state index contributed by atoms with van der Waals surface area (Å²) in [5, 5.41) is 8.62. The third-order valence-corrected chi connectivity index (χ3v) is 9.06. The van der Waals surface area contributed by atoms with Gasteiger partial charge in [-0.15, -0.1) is 5.10 Å². The average Bonchev–Trinajstić information content (AvgIpc) is 3.53. The Bertz CT molecular complexity index is 1860. The molecule has 1 aliphatic heterocycles. The Morgan fingerprint density at radius 3 is 2.50 bits per heavy atom. The number of carbonyl (C=O) groups is 1. The van der Waals surface area contributed by atoms with Gasteiger partial charge in [0, 0.05) is 54.6 Å². The fraction of sp³-hybridized carbons (Fsp3) is 0.484. The van der Waals surface area contributed by atoms with Crippen molar-refractivity contribution in [2.45, 2.75) is 83.8 Å². The zero-order valence-electron chi connectivity index (χ0n) is 25.0. The third-order valence-electron chi connectivity index (χ3n) is 9.06. The highest BCUT2D eigenvalue weighted by Crippen LogP contribution is 2.46. The summed E-state index contributed by atoms with van der Waals surface area (Å²) in [5.74, 6) is -3.51. The van der Waals surface area contributed by atoms with Crippen molar-refractivity contribution in [2.24, 2.45) is 5.92 Å². The molecule has 4 atom stereocenters. The Balaban J connectivity index is 1.38. The second-order valence-electron chi connectivity index (χ2n) is 12.2. The molecule has 10 nitrogen and oxygen atoms in total. The predicted molar refractivity (Wildman–Crippen MR) is 156 cm³/mol. The van der Waals surface area contributed by atoms with E-state index >= 15 is 0 Å². The van der Waals surface area contributed by atoms with Gasteiger partial charge in [0.15, 0.2) is 5.65 Å². The minimum atomic E-state index is -1.01. The number of H-pyrrole nitrogens is 1. The fourth-order valence-corrected chi connectivity index (χ4v) is 6.94. The summed E-state index contributed by atoms with van der Waals surface area (Å²) >= 11 is 0. The first kappa shape index (κ1) is 29.8. The van der Waals surface area contributed by atoms with Crippen molar-refractivity contribution < 1.29 is 18.0 Å². The number of aromatic amines is 1. The highest BCUT2D eigenvalue weighted by molar-refractivity contribution is 6.05. The van der Waals surface area contributed by atoms with E-state index < -0.39 is 34.7 Å². The van der Waals surface area contributed by atoms with Crippen LogP contribution >= 0.6 is 0 Å². The Kier molecular flexibility index (Phi) is 7.66. The predicted octanol–water partition coefficient (Wildman–Crippen LogP) is 4.64. The second kappa shape index (κ2) is 11.3. The van der Waals surface area contributed by atoms with Crippen LogP contribution in [0.25, 0.3) is 11.0 Å². The van der Waals surface area contributed by atoms with Crippen LogP contribution in [0.15, 0.2) is 34.0 Å². The summed E-state index contributed by atoms with van der Waals surface area (Å²) < 4.78 is 45.3. The summed E-state index contributed by atoms with van der Waals surface area (Å²) in [6.45, 7) is 8.11.